The van der Waals surface area contributed by atoms with Crippen molar-refractivity contribution in [3.63, 3.8) is 0 Å². The summed E-state index contributed by atoms with van der Waals surface area (Å²) in [4.78, 5) is 0. The van der Waals surface area contributed by atoms with E-state index < -0.39 is 0 Å². The van der Waals surface area contributed by atoms with Gasteiger partial charge in [-0.1, -0.05) is 11.6 Å². The number of ether oxygens (including phenoxy) is 2. The summed E-state index contributed by atoms with van der Waals surface area (Å²) in [7, 11) is 3.30. The highest BCUT2D eigenvalue weighted by atomic mass is 35.5. The fraction of sp³-hybridized carbons (Fsp3) is 0.571. The standard InChI is InChI=1S/C14H20ClNO2/c1-9-7-11(10-5-4-6-16-8-10)14(18-3)12(15)13(9)17-2/h7,10,16H,4-6,8H2,1-3H3. The summed E-state index contributed by atoms with van der Waals surface area (Å²) in [6.45, 7) is 4.10. The Morgan fingerprint density at radius 2 is 2.00 bits per heavy atom. The number of methoxy groups -OCH3 is 2. The van der Waals surface area contributed by atoms with Crippen LogP contribution in [-0.2, 0) is 0 Å². The normalized spacial score (nSPS) is 19.7. The molecular formula is C14H20ClNO2. The Bertz CT molecular complexity index is 428. The third kappa shape index (κ3) is 2.43. The van der Waals surface area contributed by atoms with Crippen molar-refractivity contribution < 1.29 is 9.47 Å². The molecule has 1 atom stereocenters. The van der Waals surface area contributed by atoms with Crippen molar-refractivity contribution in [2.24, 2.45) is 0 Å². The summed E-state index contributed by atoms with van der Waals surface area (Å²) in [6, 6.07) is 2.14. The number of hydrogen-bond acceptors (Lipinski definition) is 3. The van der Waals surface area contributed by atoms with E-state index in [0.29, 0.717) is 16.7 Å². The number of hydrogen-bond donors (Lipinski definition) is 1. The van der Waals surface area contributed by atoms with Gasteiger partial charge in [-0.25, -0.2) is 0 Å². The largest absolute Gasteiger partial charge is 0.495 e. The maximum atomic E-state index is 6.37. The lowest BCUT2D eigenvalue weighted by Crippen LogP contribution is -2.28. The minimum atomic E-state index is 0.468. The van der Waals surface area contributed by atoms with E-state index in [1.54, 1.807) is 14.2 Å². The van der Waals surface area contributed by atoms with E-state index >= 15 is 0 Å². The van der Waals surface area contributed by atoms with Gasteiger partial charge >= 0.3 is 0 Å². The van der Waals surface area contributed by atoms with Gasteiger partial charge in [-0.2, -0.15) is 0 Å². The van der Waals surface area contributed by atoms with Gasteiger partial charge in [-0.3, -0.25) is 0 Å². The first-order chi connectivity index (χ1) is 8.69. The minimum Gasteiger partial charge on any atom is -0.495 e. The Labute approximate surface area is 113 Å². The fourth-order valence-corrected chi connectivity index (χ4v) is 3.06. The average Bonchev–Trinajstić information content (AvgIpc) is 2.39. The molecule has 0 bridgehead atoms. The van der Waals surface area contributed by atoms with Gasteiger partial charge in [0.05, 0.1) is 14.2 Å². The van der Waals surface area contributed by atoms with Crippen LogP contribution in [0.25, 0.3) is 0 Å². The molecule has 1 N–H and O–H groups in total. The van der Waals surface area contributed by atoms with Crippen molar-refractivity contribution in [1.82, 2.24) is 5.32 Å². The second-order valence-electron chi connectivity index (χ2n) is 4.71. The molecule has 0 radical (unpaired) electrons. The molecule has 0 aliphatic carbocycles. The first-order valence-electron chi connectivity index (χ1n) is 6.30. The van der Waals surface area contributed by atoms with Gasteiger partial charge in [-0.15, -0.1) is 0 Å². The van der Waals surface area contributed by atoms with Crippen LogP contribution in [0.15, 0.2) is 6.07 Å². The number of aryl methyl sites for hydroxylation is 1. The van der Waals surface area contributed by atoms with Gasteiger partial charge in [0.25, 0.3) is 0 Å². The summed E-state index contributed by atoms with van der Waals surface area (Å²) in [5.74, 6) is 1.93. The highest BCUT2D eigenvalue weighted by Crippen LogP contribution is 2.43. The van der Waals surface area contributed by atoms with E-state index in [-0.39, 0.29) is 0 Å². The molecule has 0 amide bonds. The Morgan fingerprint density at radius 1 is 1.28 bits per heavy atom. The third-order valence-corrected chi connectivity index (χ3v) is 3.88. The van der Waals surface area contributed by atoms with Crippen LogP contribution in [0.4, 0.5) is 0 Å². The summed E-state index contributed by atoms with van der Waals surface area (Å²) in [5.41, 5.74) is 2.25. The second kappa shape index (κ2) is 5.81. The Balaban J connectivity index is 2.45. The van der Waals surface area contributed by atoms with E-state index in [1.165, 1.54) is 18.4 Å². The molecule has 1 aromatic carbocycles. The highest BCUT2D eigenvalue weighted by molar-refractivity contribution is 6.33. The zero-order valence-corrected chi connectivity index (χ0v) is 11.9. The topological polar surface area (TPSA) is 30.5 Å². The molecule has 0 saturated carbocycles. The van der Waals surface area contributed by atoms with Crippen LogP contribution in [0.1, 0.15) is 29.9 Å². The number of halogens is 1. The van der Waals surface area contributed by atoms with Crippen LogP contribution in [0.3, 0.4) is 0 Å². The Hall–Kier alpha value is -0.930. The molecule has 2 rings (SSSR count). The third-order valence-electron chi connectivity index (χ3n) is 3.54. The van der Waals surface area contributed by atoms with Gasteiger partial charge < -0.3 is 14.8 Å². The van der Waals surface area contributed by atoms with Crippen molar-refractivity contribution in [3.05, 3.63) is 22.2 Å². The lowest BCUT2D eigenvalue weighted by molar-refractivity contribution is 0.379. The lowest BCUT2D eigenvalue weighted by Gasteiger charge is -2.26. The summed E-state index contributed by atoms with van der Waals surface area (Å²) in [6.07, 6.45) is 2.36. The maximum Gasteiger partial charge on any atom is 0.144 e. The van der Waals surface area contributed by atoms with Gasteiger partial charge in [0.1, 0.15) is 16.5 Å². The quantitative estimate of drug-likeness (QED) is 0.915. The average molecular weight is 270 g/mol. The summed E-state index contributed by atoms with van der Waals surface area (Å²) >= 11 is 6.37. The molecule has 1 fully saturated rings. The minimum absolute atomic E-state index is 0.468. The van der Waals surface area contributed by atoms with E-state index in [9.17, 15) is 0 Å². The van der Waals surface area contributed by atoms with E-state index in [0.717, 1.165) is 24.4 Å². The number of nitrogens with one attached hydrogen (secondary N) is 1. The number of piperidine rings is 1. The molecule has 1 heterocycles. The van der Waals surface area contributed by atoms with Crippen LogP contribution in [0.5, 0.6) is 11.5 Å². The molecule has 1 unspecified atom stereocenters. The van der Waals surface area contributed by atoms with E-state index in [2.05, 4.69) is 11.4 Å². The van der Waals surface area contributed by atoms with Crippen LogP contribution in [0, 0.1) is 6.92 Å². The van der Waals surface area contributed by atoms with Crippen molar-refractivity contribution in [3.8, 4) is 11.5 Å². The molecule has 1 aromatic rings. The smallest absolute Gasteiger partial charge is 0.144 e. The molecule has 1 aliphatic rings. The van der Waals surface area contributed by atoms with Gasteiger partial charge in [-0.05, 0) is 37.9 Å². The highest BCUT2D eigenvalue weighted by Gasteiger charge is 2.23. The van der Waals surface area contributed by atoms with Gasteiger partial charge in [0, 0.05) is 18.0 Å². The molecule has 100 valence electrons. The molecule has 18 heavy (non-hydrogen) atoms. The predicted octanol–water partition coefficient (Wildman–Crippen LogP) is 3.13. The van der Waals surface area contributed by atoms with Crippen LogP contribution >= 0.6 is 11.6 Å². The molecule has 0 aromatic heterocycles. The van der Waals surface area contributed by atoms with Crippen LogP contribution in [-0.4, -0.2) is 27.3 Å². The number of benzene rings is 1. The second-order valence-corrected chi connectivity index (χ2v) is 5.08. The predicted molar refractivity (Wildman–Crippen MR) is 74.1 cm³/mol. The fourth-order valence-electron chi connectivity index (χ4n) is 2.65. The van der Waals surface area contributed by atoms with Gasteiger partial charge in [0.15, 0.2) is 0 Å². The molecule has 4 heteroatoms. The first kappa shape index (κ1) is 13.5. The number of rotatable bonds is 3. The zero-order valence-electron chi connectivity index (χ0n) is 11.2. The van der Waals surface area contributed by atoms with E-state index in [4.69, 9.17) is 21.1 Å². The van der Waals surface area contributed by atoms with Crippen molar-refractivity contribution >= 4 is 11.6 Å². The van der Waals surface area contributed by atoms with Crippen LogP contribution < -0.4 is 14.8 Å². The monoisotopic (exact) mass is 269 g/mol. The first-order valence-corrected chi connectivity index (χ1v) is 6.68. The maximum absolute atomic E-state index is 6.37. The molecule has 1 saturated heterocycles. The van der Waals surface area contributed by atoms with Crippen molar-refractivity contribution in [2.45, 2.75) is 25.7 Å². The lowest BCUT2D eigenvalue weighted by atomic mass is 9.89. The molecular weight excluding hydrogens is 250 g/mol. The molecule has 1 aliphatic heterocycles. The van der Waals surface area contributed by atoms with Gasteiger partial charge in [0.2, 0.25) is 0 Å². The van der Waals surface area contributed by atoms with E-state index in [1.807, 2.05) is 6.92 Å². The van der Waals surface area contributed by atoms with Crippen LogP contribution in [0.2, 0.25) is 5.02 Å². The SMILES string of the molecule is COc1c(C)cc(C2CCCNC2)c(OC)c1Cl. The Kier molecular flexibility index (Phi) is 4.36. The summed E-state index contributed by atoms with van der Waals surface area (Å²) < 4.78 is 10.8. The zero-order chi connectivity index (χ0) is 13.1. The molecule has 3 nitrogen and oxygen atoms in total. The Morgan fingerprint density at radius 3 is 2.56 bits per heavy atom. The van der Waals surface area contributed by atoms with Crippen molar-refractivity contribution in [2.75, 3.05) is 27.3 Å². The van der Waals surface area contributed by atoms with Crippen molar-refractivity contribution in [1.29, 1.82) is 0 Å². The molecule has 0 spiro atoms. The summed E-state index contributed by atoms with van der Waals surface area (Å²) in [5, 5.41) is 4.01.